The maximum absolute atomic E-state index is 13.8. The number of carbonyl (C=O) groups excluding carboxylic acids is 1. The first-order valence-electron chi connectivity index (χ1n) is 13.4. The van der Waals surface area contributed by atoms with Crippen molar-refractivity contribution in [1.82, 2.24) is 9.55 Å². The van der Waals surface area contributed by atoms with Gasteiger partial charge in [-0.1, -0.05) is 57.2 Å². The first-order valence-corrected chi connectivity index (χ1v) is 16.3. The lowest BCUT2D eigenvalue weighted by molar-refractivity contribution is 0.0985. The lowest BCUT2D eigenvalue weighted by Crippen LogP contribution is -2.41. The highest BCUT2D eigenvalue weighted by atomic mass is 28.4. The number of hydrogen-bond donors (Lipinski definition) is 1. The number of hydrogen-bond acceptors (Lipinski definition) is 4. The summed E-state index contributed by atoms with van der Waals surface area (Å²) in [6.07, 6.45) is 1.80. The predicted octanol–water partition coefficient (Wildman–Crippen LogP) is 5.79. The molecule has 0 spiro atoms. The van der Waals surface area contributed by atoms with Gasteiger partial charge in [0, 0.05) is 23.4 Å². The molecule has 3 aromatic carbocycles. The van der Waals surface area contributed by atoms with E-state index < -0.39 is 19.6 Å². The molecule has 0 fully saturated rings. The van der Waals surface area contributed by atoms with Gasteiger partial charge >= 0.3 is 5.69 Å². The molecule has 1 aromatic heterocycles. The number of amides is 1. The minimum absolute atomic E-state index is 0.0119. The molecule has 5 rings (SSSR count). The number of aromatic nitrogens is 2. The molecule has 0 atom stereocenters. The number of para-hydroxylation sites is 2. The standard InChI is InChI=1S/C31H35N3O4Si/c1-31(2,3)39(4,5)38-20-23-17-16-22(28(35)33-18-10-12-21-11-6-9-15-26(21)33)19-27(23)34-29(36)24-13-7-8-14-25(24)32-30(34)37/h6-9,11,13-17,19H,10,12,18,20H2,1-5H3,(H,32,37). The van der Waals surface area contributed by atoms with Crippen LogP contribution in [0.4, 0.5) is 5.69 Å². The van der Waals surface area contributed by atoms with Crippen molar-refractivity contribution in [3.8, 4) is 5.69 Å². The molecular weight excluding hydrogens is 506 g/mol. The molecule has 202 valence electrons. The molecule has 0 saturated heterocycles. The normalized spacial score (nSPS) is 13.9. The van der Waals surface area contributed by atoms with Crippen molar-refractivity contribution >= 4 is 30.8 Å². The molecule has 8 heteroatoms. The Morgan fingerprint density at radius 1 is 0.974 bits per heavy atom. The Kier molecular flexibility index (Phi) is 6.94. The summed E-state index contributed by atoms with van der Waals surface area (Å²) in [5.74, 6) is -0.162. The van der Waals surface area contributed by atoms with Crippen LogP contribution in [0.15, 0.2) is 76.3 Å². The van der Waals surface area contributed by atoms with Crippen LogP contribution in [0.3, 0.4) is 0 Å². The molecule has 1 aliphatic rings. The maximum Gasteiger partial charge on any atom is 0.333 e. The molecular formula is C31H35N3O4Si. The number of aromatic amines is 1. The van der Waals surface area contributed by atoms with E-state index in [-0.39, 0.29) is 17.6 Å². The van der Waals surface area contributed by atoms with E-state index in [1.807, 2.05) is 24.3 Å². The molecule has 39 heavy (non-hydrogen) atoms. The third kappa shape index (κ3) is 5.02. The fraction of sp³-hybridized carbons (Fsp3) is 0.323. The Morgan fingerprint density at radius 2 is 1.69 bits per heavy atom. The van der Waals surface area contributed by atoms with Gasteiger partial charge in [0.25, 0.3) is 11.5 Å². The van der Waals surface area contributed by atoms with Crippen molar-refractivity contribution in [2.24, 2.45) is 0 Å². The van der Waals surface area contributed by atoms with Gasteiger partial charge in [-0.3, -0.25) is 9.59 Å². The first kappa shape index (κ1) is 26.8. The third-order valence-electron chi connectivity index (χ3n) is 8.13. The molecule has 0 radical (unpaired) electrons. The number of fused-ring (bicyclic) bond motifs is 2. The van der Waals surface area contributed by atoms with Crippen LogP contribution in [0, 0.1) is 0 Å². The Hall–Kier alpha value is -3.75. The molecule has 1 N–H and O–H groups in total. The van der Waals surface area contributed by atoms with E-state index in [2.05, 4.69) is 44.9 Å². The number of rotatable bonds is 5. The number of H-pyrrole nitrogens is 1. The van der Waals surface area contributed by atoms with Crippen molar-refractivity contribution in [3.05, 3.63) is 104 Å². The lowest BCUT2D eigenvalue weighted by atomic mass is 10.0. The van der Waals surface area contributed by atoms with E-state index in [4.69, 9.17) is 4.43 Å². The lowest BCUT2D eigenvalue weighted by Gasteiger charge is -2.36. The zero-order chi connectivity index (χ0) is 27.9. The zero-order valence-electron chi connectivity index (χ0n) is 23.2. The Balaban J connectivity index is 1.64. The van der Waals surface area contributed by atoms with Crippen molar-refractivity contribution in [2.75, 3.05) is 11.4 Å². The van der Waals surface area contributed by atoms with Gasteiger partial charge in [-0.2, -0.15) is 0 Å². The number of benzene rings is 3. The highest BCUT2D eigenvalue weighted by Gasteiger charge is 2.37. The average molecular weight is 542 g/mol. The molecule has 0 bridgehead atoms. The van der Waals surface area contributed by atoms with Crippen molar-refractivity contribution in [2.45, 2.75) is 58.4 Å². The van der Waals surface area contributed by atoms with Crippen molar-refractivity contribution in [1.29, 1.82) is 0 Å². The SMILES string of the molecule is CC(C)(C)[Si](C)(C)OCc1ccc(C(=O)N2CCCc3ccccc32)cc1-n1c(=O)[nH]c2ccccc2c1=O. The second kappa shape index (κ2) is 10.1. The first-order chi connectivity index (χ1) is 18.5. The highest BCUT2D eigenvalue weighted by molar-refractivity contribution is 6.74. The van der Waals surface area contributed by atoms with Gasteiger partial charge in [0.15, 0.2) is 8.32 Å². The van der Waals surface area contributed by atoms with Crippen molar-refractivity contribution < 1.29 is 9.22 Å². The van der Waals surface area contributed by atoms with Gasteiger partial charge in [-0.15, -0.1) is 0 Å². The Morgan fingerprint density at radius 3 is 2.46 bits per heavy atom. The van der Waals surface area contributed by atoms with E-state index in [0.717, 1.165) is 28.7 Å². The van der Waals surface area contributed by atoms with Crippen LogP contribution in [0.2, 0.25) is 18.1 Å². The van der Waals surface area contributed by atoms with Crippen LogP contribution in [0.5, 0.6) is 0 Å². The summed E-state index contributed by atoms with van der Waals surface area (Å²) in [5, 5.41) is 0.386. The Labute approximate surface area is 229 Å². The van der Waals surface area contributed by atoms with Gasteiger partial charge in [0.1, 0.15) is 0 Å². The molecule has 0 unspecified atom stereocenters. The second-order valence-electron chi connectivity index (χ2n) is 11.7. The summed E-state index contributed by atoms with van der Waals surface area (Å²) in [4.78, 5) is 45.3. The van der Waals surface area contributed by atoms with E-state index in [1.165, 1.54) is 0 Å². The topological polar surface area (TPSA) is 84.4 Å². The molecule has 2 heterocycles. The van der Waals surface area contributed by atoms with Crippen molar-refractivity contribution in [3.63, 3.8) is 0 Å². The molecule has 7 nitrogen and oxygen atoms in total. The van der Waals surface area contributed by atoms with Crippen LogP contribution >= 0.6 is 0 Å². The molecule has 1 aliphatic heterocycles. The van der Waals surface area contributed by atoms with Gasteiger partial charge < -0.3 is 14.3 Å². The minimum Gasteiger partial charge on any atom is -0.412 e. The summed E-state index contributed by atoms with van der Waals surface area (Å²) >= 11 is 0. The van der Waals surface area contributed by atoms with Gasteiger partial charge in [0.05, 0.1) is 23.2 Å². The summed E-state index contributed by atoms with van der Waals surface area (Å²) in [6.45, 7) is 11.6. The summed E-state index contributed by atoms with van der Waals surface area (Å²) in [6, 6.07) is 20.1. The monoisotopic (exact) mass is 541 g/mol. The molecule has 4 aromatic rings. The molecule has 0 saturated carbocycles. The predicted molar refractivity (Wildman–Crippen MR) is 159 cm³/mol. The van der Waals surface area contributed by atoms with Gasteiger partial charge in [-0.25, -0.2) is 9.36 Å². The molecule has 1 amide bonds. The highest BCUT2D eigenvalue weighted by Crippen LogP contribution is 2.37. The van der Waals surface area contributed by atoms with E-state index >= 15 is 0 Å². The summed E-state index contributed by atoms with van der Waals surface area (Å²) < 4.78 is 7.62. The number of nitrogens with zero attached hydrogens (tertiary/aromatic N) is 2. The third-order valence-corrected chi connectivity index (χ3v) is 12.6. The number of nitrogens with one attached hydrogen (secondary N) is 1. The minimum atomic E-state index is -2.13. The number of carbonyl (C=O) groups is 1. The quantitative estimate of drug-likeness (QED) is 0.324. The van der Waals surface area contributed by atoms with Gasteiger partial charge in [0.2, 0.25) is 0 Å². The number of aryl methyl sites for hydroxylation is 1. The Bertz CT molecular complexity index is 1680. The average Bonchev–Trinajstić information content (AvgIpc) is 2.91. The molecule has 0 aliphatic carbocycles. The van der Waals surface area contributed by atoms with Crippen LogP contribution in [-0.4, -0.2) is 30.3 Å². The fourth-order valence-electron chi connectivity index (χ4n) is 4.78. The van der Waals surface area contributed by atoms with E-state index in [0.29, 0.717) is 34.3 Å². The number of anilines is 1. The fourth-order valence-corrected chi connectivity index (χ4v) is 5.73. The van der Waals surface area contributed by atoms with Crippen LogP contribution < -0.4 is 16.1 Å². The van der Waals surface area contributed by atoms with Gasteiger partial charge in [-0.05, 0) is 66.9 Å². The summed E-state index contributed by atoms with van der Waals surface area (Å²) in [5.41, 5.74) is 2.98. The largest absolute Gasteiger partial charge is 0.412 e. The van der Waals surface area contributed by atoms with Crippen LogP contribution in [0.25, 0.3) is 16.6 Å². The smallest absolute Gasteiger partial charge is 0.333 e. The van der Waals surface area contributed by atoms with E-state index in [1.54, 1.807) is 41.3 Å². The van der Waals surface area contributed by atoms with Crippen LogP contribution in [0.1, 0.15) is 48.7 Å². The van der Waals surface area contributed by atoms with Crippen LogP contribution in [-0.2, 0) is 17.5 Å². The maximum atomic E-state index is 13.8. The second-order valence-corrected chi connectivity index (χ2v) is 16.5. The van der Waals surface area contributed by atoms with E-state index in [9.17, 15) is 14.4 Å². The summed E-state index contributed by atoms with van der Waals surface area (Å²) in [7, 11) is -2.13. The zero-order valence-corrected chi connectivity index (χ0v) is 24.2.